The highest BCUT2D eigenvalue weighted by atomic mass is 35.5. The SMILES string of the molecule is CC1CCC(NS(=O)(=O)CC(=O)Nc2cc(Cl)ccc2C(=O)NC(C)C)CC1. The maximum Gasteiger partial charge on any atom is 0.253 e. The number of carbonyl (C=O) groups excluding carboxylic acids is 2. The summed E-state index contributed by atoms with van der Waals surface area (Å²) >= 11 is 5.97. The Morgan fingerprint density at radius 3 is 2.43 bits per heavy atom. The molecule has 0 heterocycles. The van der Waals surface area contributed by atoms with E-state index in [0.29, 0.717) is 10.9 Å². The zero-order chi connectivity index (χ0) is 20.9. The summed E-state index contributed by atoms with van der Waals surface area (Å²) in [7, 11) is -3.78. The first-order valence-electron chi connectivity index (χ1n) is 9.46. The van der Waals surface area contributed by atoms with E-state index in [2.05, 4.69) is 22.3 Å². The normalized spacial score (nSPS) is 20.0. The Balaban J connectivity index is 2.03. The molecule has 1 aliphatic carbocycles. The molecule has 0 aliphatic heterocycles. The molecule has 0 spiro atoms. The zero-order valence-corrected chi connectivity index (χ0v) is 18.0. The molecule has 156 valence electrons. The lowest BCUT2D eigenvalue weighted by molar-refractivity contribution is -0.113. The lowest BCUT2D eigenvalue weighted by Gasteiger charge is -2.26. The number of anilines is 1. The number of halogens is 1. The molecule has 1 aliphatic rings. The van der Waals surface area contributed by atoms with Crippen LogP contribution in [0.25, 0.3) is 0 Å². The van der Waals surface area contributed by atoms with Gasteiger partial charge in [0, 0.05) is 17.1 Å². The van der Waals surface area contributed by atoms with E-state index >= 15 is 0 Å². The molecular formula is C19H28ClN3O4S. The highest BCUT2D eigenvalue weighted by Crippen LogP contribution is 2.24. The predicted octanol–water partition coefficient (Wildman–Crippen LogP) is 2.91. The van der Waals surface area contributed by atoms with E-state index in [1.54, 1.807) is 0 Å². The van der Waals surface area contributed by atoms with Crippen LogP contribution in [0.3, 0.4) is 0 Å². The summed E-state index contributed by atoms with van der Waals surface area (Å²) in [4.78, 5) is 24.6. The van der Waals surface area contributed by atoms with Gasteiger partial charge in [-0.1, -0.05) is 18.5 Å². The number of amides is 2. The molecule has 0 bridgehead atoms. The van der Waals surface area contributed by atoms with E-state index < -0.39 is 21.7 Å². The average molecular weight is 430 g/mol. The first-order valence-corrected chi connectivity index (χ1v) is 11.5. The Hall–Kier alpha value is -1.64. The number of hydrogen-bond acceptors (Lipinski definition) is 4. The van der Waals surface area contributed by atoms with Crippen molar-refractivity contribution in [3.05, 3.63) is 28.8 Å². The Morgan fingerprint density at radius 1 is 1.18 bits per heavy atom. The van der Waals surface area contributed by atoms with Crippen LogP contribution >= 0.6 is 11.6 Å². The van der Waals surface area contributed by atoms with Crippen LogP contribution in [0, 0.1) is 5.92 Å². The Morgan fingerprint density at radius 2 is 1.82 bits per heavy atom. The number of nitrogens with one attached hydrogen (secondary N) is 3. The summed E-state index contributed by atoms with van der Waals surface area (Å²) in [5.41, 5.74) is 0.399. The van der Waals surface area contributed by atoms with Gasteiger partial charge >= 0.3 is 0 Å². The van der Waals surface area contributed by atoms with Crippen molar-refractivity contribution in [1.82, 2.24) is 10.0 Å². The van der Waals surface area contributed by atoms with Crippen LogP contribution in [0.2, 0.25) is 5.02 Å². The van der Waals surface area contributed by atoms with Crippen LogP contribution in [0.1, 0.15) is 56.8 Å². The topological polar surface area (TPSA) is 104 Å². The van der Waals surface area contributed by atoms with E-state index in [1.807, 2.05) is 13.8 Å². The second-order valence-corrected chi connectivity index (χ2v) is 9.89. The van der Waals surface area contributed by atoms with E-state index in [9.17, 15) is 18.0 Å². The van der Waals surface area contributed by atoms with Crippen molar-refractivity contribution in [1.29, 1.82) is 0 Å². The first-order chi connectivity index (χ1) is 13.1. The minimum absolute atomic E-state index is 0.0884. The number of carbonyl (C=O) groups is 2. The lowest BCUT2D eigenvalue weighted by atomic mass is 9.88. The van der Waals surface area contributed by atoms with Crippen molar-refractivity contribution in [3.8, 4) is 0 Å². The fraction of sp³-hybridized carbons (Fsp3) is 0.579. The third kappa shape index (κ3) is 7.07. The molecule has 0 unspecified atom stereocenters. The molecule has 2 amide bonds. The third-order valence-corrected chi connectivity index (χ3v) is 6.17. The van der Waals surface area contributed by atoms with Crippen molar-refractivity contribution >= 4 is 39.1 Å². The minimum Gasteiger partial charge on any atom is -0.350 e. The number of sulfonamides is 1. The van der Waals surface area contributed by atoms with E-state index in [1.165, 1.54) is 18.2 Å². The van der Waals surface area contributed by atoms with Crippen LogP contribution in [-0.2, 0) is 14.8 Å². The second-order valence-electron chi connectivity index (χ2n) is 7.70. The molecule has 1 fully saturated rings. The fourth-order valence-electron chi connectivity index (χ4n) is 3.19. The first kappa shape index (κ1) is 22.6. The highest BCUT2D eigenvalue weighted by Gasteiger charge is 2.25. The maximum atomic E-state index is 12.3. The quantitative estimate of drug-likeness (QED) is 0.619. The van der Waals surface area contributed by atoms with Crippen molar-refractivity contribution in [3.63, 3.8) is 0 Å². The summed E-state index contributed by atoms with van der Waals surface area (Å²) in [6.45, 7) is 5.78. The predicted molar refractivity (Wildman–Crippen MR) is 111 cm³/mol. The monoisotopic (exact) mass is 429 g/mol. The molecule has 0 atom stereocenters. The largest absolute Gasteiger partial charge is 0.350 e. The molecular weight excluding hydrogens is 402 g/mol. The van der Waals surface area contributed by atoms with Gasteiger partial charge < -0.3 is 10.6 Å². The average Bonchev–Trinajstić information content (AvgIpc) is 2.55. The number of benzene rings is 1. The van der Waals surface area contributed by atoms with Gasteiger partial charge in [-0.25, -0.2) is 13.1 Å². The van der Waals surface area contributed by atoms with Gasteiger partial charge in [-0.15, -0.1) is 0 Å². The smallest absolute Gasteiger partial charge is 0.253 e. The standard InChI is InChI=1S/C19H28ClN3O4S/c1-12(2)21-19(25)16-9-6-14(20)10-17(16)22-18(24)11-28(26,27)23-15-7-4-13(3)5-8-15/h6,9-10,12-13,15,23H,4-5,7-8,11H2,1-3H3,(H,21,25)(H,22,24). The zero-order valence-electron chi connectivity index (χ0n) is 16.4. The lowest BCUT2D eigenvalue weighted by Crippen LogP contribution is -2.41. The molecule has 3 N–H and O–H groups in total. The van der Waals surface area contributed by atoms with Crippen LogP contribution in [0.4, 0.5) is 5.69 Å². The van der Waals surface area contributed by atoms with Crippen molar-refractivity contribution < 1.29 is 18.0 Å². The molecule has 0 radical (unpaired) electrons. The Kier molecular flexibility index (Phi) is 7.86. The van der Waals surface area contributed by atoms with Gasteiger partial charge in [-0.05, 0) is 63.6 Å². The second kappa shape index (κ2) is 9.71. The van der Waals surface area contributed by atoms with Gasteiger partial charge in [0.1, 0.15) is 5.75 Å². The number of hydrogen-bond donors (Lipinski definition) is 3. The summed E-state index contributed by atoms with van der Waals surface area (Å²) in [6.07, 6.45) is 3.48. The van der Waals surface area contributed by atoms with Crippen LogP contribution < -0.4 is 15.4 Å². The molecule has 1 saturated carbocycles. The molecule has 0 aromatic heterocycles. The molecule has 2 rings (SSSR count). The van der Waals surface area contributed by atoms with Gasteiger partial charge in [-0.3, -0.25) is 9.59 Å². The summed E-state index contributed by atoms with van der Waals surface area (Å²) < 4.78 is 27.3. The van der Waals surface area contributed by atoms with Crippen molar-refractivity contribution in [2.45, 2.75) is 58.5 Å². The molecule has 28 heavy (non-hydrogen) atoms. The Bertz CT molecular complexity index is 818. The molecule has 1 aromatic carbocycles. The molecule has 9 heteroatoms. The van der Waals surface area contributed by atoms with Crippen LogP contribution in [0.15, 0.2) is 18.2 Å². The third-order valence-electron chi connectivity index (χ3n) is 4.60. The van der Waals surface area contributed by atoms with Crippen LogP contribution in [0.5, 0.6) is 0 Å². The highest BCUT2D eigenvalue weighted by molar-refractivity contribution is 7.90. The van der Waals surface area contributed by atoms with E-state index in [4.69, 9.17) is 11.6 Å². The van der Waals surface area contributed by atoms with Gasteiger partial charge in [0.05, 0.1) is 11.3 Å². The molecule has 0 saturated heterocycles. The van der Waals surface area contributed by atoms with Gasteiger partial charge in [0.2, 0.25) is 15.9 Å². The summed E-state index contributed by atoms with van der Waals surface area (Å²) in [6, 6.07) is 4.24. The van der Waals surface area contributed by atoms with Crippen molar-refractivity contribution in [2.24, 2.45) is 5.92 Å². The van der Waals surface area contributed by atoms with E-state index in [-0.39, 0.29) is 29.2 Å². The molecule has 7 nitrogen and oxygen atoms in total. The Labute approximate surface area is 171 Å². The van der Waals surface area contributed by atoms with Crippen LogP contribution in [-0.4, -0.2) is 38.1 Å². The molecule has 1 aromatic rings. The summed E-state index contributed by atoms with van der Waals surface area (Å²) in [5, 5.41) is 5.56. The van der Waals surface area contributed by atoms with Crippen molar-refractivity contribution in [2.75, 3.05) is 11.1 Å². The fourth-order valence-corrected chi connectivity index (χ4v) is 4.61. The minimum atomic E-state index is -3.78. The number of rotatable bonds is 7. The van der Waals surface area contributed by atoms with Gasteiger partial charge in [0.15, 0.2) is 0 Å². The maximum absolute atomic E-state index is 12.3. The summed E-state index contributed by atoms with van der Waals surface area (Å²) in [5.74, 6) is -1.21. The van der Waals surface area contributed by atoms with Gasteiger partial charge in [-0.2, -0.15) is 0 Å². The van der Waals surface area contributed by atoms with E-state index in [0.717, 1.165) is 25.7 Å². The van der Waals surface area contributed by atoms with Gasteiger partial charge in [0.25, 0.3) is 5.91 Å².